The van der Waals surface area contributed by atoms with Crippen molar-refractivity contribution in [3.63, 3.8) is 0 Å². The maximum Gasteiger partial charge on any atom is 0.264 e. The van der Waals surface area contributed by atoms with E-state index in [-0.39, 0.29) is 23.4 Å². The minimum Gasteiger partial charge on any atom is -0.497 e. The van der Waals surface area contributed by atoms with Crippen LogP contribution in [-0.2, 0) is 26.2 Å². The first-order chi connectivity index (χ1) is 19.9. The Hall–Kier alpha value is -3.85. The average Bonchev–Trinajstić information content (AvgIpc) is 2.97. The number of carbonyl (C=O) groups excluding carboxylic acids is 2. The third kappa shape index (κ3) is 7.70. The van der Waals surface area contributed by atoms with E-state index < -0.39 is 28.5 Å². The minimum absolute atomic E-state index is 0.0753. The van der Waals surface area contributed by atoms with Gasteiger partial charge in [0, 0.05) is 12.6 Å². The predicted molar refractivity (Wildman–Crippen MR) is 167 cm³/mol. The number of carbonyl (C=O) groups is 2. The lowest BCUT2D eigenvalue weighted by molar-refractivity contribution is -0.140. The summed E-state index contributed by atoms with van der Waals surface area (Å²) in [6.07, 6.45) is 1.09. The minimum atomic E-state index is -4.13. The lowest BCUT2D eigenvalue weighted by atomic mass is 10.1. The van der Waals surface area contributed by atoms with Crippen LogP contribution >= 0.6 is 0 Å². The van der Waals surface area contributed by atoms with E-state index in [2.05, 4.69) is 5.32 Å². The van der Waals surface area contributed by atoms with Crippen LogP contribution in [0.5, 0.6) is 5.75 Å². The highest BCUT2D eigenvalue weighted by molar-refractivity contribution is 7.92. The summed E-state index contributed by atoms with van der Waals surface area (Å²) in [5, 5.41) is 3.00. The number of hydrogen-bond acceptors (Lipinski definition) is 5. The molecule has 2 amide bonds. The van der Waals surface area contributed by atoms with E-state index in [9.17, 15) is 18.0 Å². The highest BCUT2D eigenvalue weighted by atomic mass is 32.2. The molecule has 0 aliphatic carbocycles. The third-order valence-electron chi connectivity index (χ3n) is 7.61. The smallest absolute Gasteiger partial charge is 0.264 e. The van der Waals surface area contributed by atoms with Crippen LogP contribution in [0, 0.1) is 20.8 Å². The van der Waals surface area contributed by atoms with Gasteiger partial charge >= 0.3 is 0 Å². The summed E-state index contributed by atoms with van der Waals surface area (Å²) in [7, 11) is -2.57. The van der Waals surface area contributed by atoms with Crippen LogP contribution in [0.3, 0.4) is 0 Å². The quantitative estimate of drug-likeness (QED) is 0.281. The first-order valence-corrected chi connectivity index (χ1v) is 15.7. The van der Waals surface area contributed by atoms with Crippen LogP contribution in [0.4, 0.5) is 5.69 Å². The summed E-state index contributed by atoms with van der Waals surface area (Å²) < 4.78 is 34.8. The molecule has 3 aromatic carbocycles. The van der Waals surface area contributed by atoms with Crippen molar-refractivity contribution < 1.29 is 22.7 Å². The lowest BCUT2D eigenvalue weighted by Gasteiger charge is -2.34. The summed E-state index contributed by atoms with van der Waals surface area (Å²) in [5.74, 6) is -0.140. The van der Waals surface area contributed by atoms with Crippen LogP contribution in [0.25, 0.3) is 0 Å². The number of amides is 2. The Morgan fingerprint density at radius 1 is 0.929 bits per heavy atom. The van der Waals surface area contributed by atoms with Crippen molar-refractivity contribution in [1.29, 1.82) is 0 Å². The molecular formula is C33H43N3O5S. The number of nitrogens with one attached hydrogen (secondary N) is 1. The van der Waals surface area contributed by atoms with Gasteiger partial charge in [0.25, 0.3) is 10.0 Å². The molecule has 0 radical (unpaired) electrons. The molecule has 42 heavy (non-hydrogen) atoms. The highest BCUT2D eigenvalue weighted by Gasteiger charge is 2.34. The molecule has 3 aromatic rings. The zero-order valence-electron chi connectivity index (χ0n) is 25.7. The number of methoxy groups -OCH3 is 1. The van der Waals surface area contributed by atoms with Gasteiger partial charge in [-0.2, -0.15) is 0 Å². The Labute approximate surface area is 250 Å². The van der Waals surface area contributed by atoms with Crippen LogP contribution in [0.15, 0.2) is 71.6 Å². The number of hydrogen-bond donors (Lipinski definition) is 1. The molecule has 0 aliphatic rings. The van der Waals surface area contributed by atoms with Crippen molar-refractivity contribution in [2.45, 2.75) is 77.9 Å². The summed E-state index contributed by atoms with van der Waals surface area (Å²) in [6, 6.07) is 18.4. The molecule has 3 rings (SSSR count). The SMILES string of the molecule is CC[C@H](C(=O)N[C@@H](C)CC)N(Cc1cccc(OC)c1)C(=O)CN(c1cccc(C)c1C)S(=O)(=O)c1ccc(C)cc1. The van der Waals surface area contributed by atoms with Crippen molar-refractivity contribution >= 4 is 27.5 Å². The van der Waals surface area contributed by atoms with Gasteiger partial charge in [-0.25, -0.2) is 8.42 Å². The van der Waals surface area contributed by atoms with E-state index >= 15 is 0 Å². The molecule has 0 unspecified atom stereocenters. The number of anilines is 1. The first kappa shape index (κ1) is 32.7. The highest BCUT2D eigenvalue weighted by Crippen LogP contribution is 2.29. The van der Waals surface area contributed by atoms with Crippen molar-refractivity contribution in [3.05, 3.63) is 89.0 Å². The summed E-state index contributed by atoms with van der Waals surface area (Å²) >= 11 is 0. The molecule has 0 heterocycles. The Kier molecular flexibility index (Phi) is 11.2. The van der Waals surface area contributed by atoms with Crippen LogP contribution in [-0.4, -0.2) is 50.9 Å². The molecule has 226 valence electrons. The lowest BCUT2D eigenvalue weighted by Crippen LogP contribution is -2.53. The molecular weight excluding hydrogens is 550 g/mol. The van der Waals surface area contributed by atoms with E-state index in [1.165, 1.54) is 9.21 Å². The van der Waals surface area contributed by atoms with E-state index in [0.717, 1.165) is 28.7 Å². The number of rotatable bonds is 13. The Balaban J connectivity index is 2.11. The number of aryl methyl sites for hydroxylation is 2. The maximum atomic E-state index is 14.3. The van der Waals surface area contributed by atoms with Gasteiger partial charge in [0.15, 0.2) is 0 Å². The number of sulfonamides is 1. The average molecular weight is 594 g/mol. The number of ether oxygens (including phenoxy) is 1. The van der Waals surface area contributed by atoms with Gasteiger partial charge in [0.1, 0.15) is 18.3 Å². The zero-order valence-corrected chi connectivity index (χ0v) is 26.5. The van der Waals surface area contributed by atoms with Crippen molar-refractivity contribution in [1.82, 2.24) is 10.2 Å². The van der Waals surface area contributed by atoms with Gasteiger partial charge in [-0.3, -0.25) is 13.9 Å². The fourth-order valence-electron chi connectivity index (χ4n) is 4.68. The topological polar surface area (TPSA) is 96.0 Å². The van der Waals surface area contributed by atoms with Gasteiger partial charge in [0.05, 0.1) is 17.7 Å². The number of benzene rings is 3. The van der Waals surface area contributed by atoms with Crippen molar-refractivity contribution in [3.8, 4) is 5.75 Å². The molecule has 2 atom stereocenters. The maximum absolute atomic E-state index is 14.3. The molecule has 0 aromatic heterocycles. The normalized spacial score (nSPS) is 12.7. The fraction of sp³-hybridized carbons (Fsp3) is 0.394. The molecule has 0 aliphatic heterocycles. The van der Waals surface area contributed by atoms with E-state index in [4.69, 9.17) is 4.74 Å². The van der Waals surface area contributed by atoms with E-state index in [1.807, 2.05) is 65.8 Å². The van der Waals surface area contributed by atoms with Gasteiger partial charge < -0.3 is 15.0 Å². The van der Waals surface area contributed by atoms with Gasteiger partial charge in [0.2, 0.25) is 11.8 Å². The largest absolute Gasteiger partial charge is 0.497 e. The second-order valence-electron chi connectivity index (χ2n) is 10.7. The molecule has 0 fully saturated rings. The molecule has 0 saturated carbocycles. The van der Waals surface area contributed by atoms with Gasteiger partial charge in [-0.15, -0.1) is 0 Å². The standard InChI is InChI=1S/C33H43N3O5S/c1-8-25(5)34-33(38)30(9-2)35(21-27-13-11-14-28(20-27)41-7)32(37)22-36(31-15-10-12-24(4)26(31)6)42(39,40)29-18-16-23(3)17-19-29/h10-20,25,30H,8-9,21-22H2,1-7H3,(H,34,38)/t25-,30+/m0/s1. The van der Waals surface area contributed by atoms with Crippen LogP contribution in [0.2, 0.25) is 0 Å². The van der Waals surface area contributed by atoms with Crippen LogP contribution in [0.1, 0.15) is 55.9 Å². The zero-order chi connectivity index (χ0) is 31.0. The first-order valence-electron chi connectivity index (χ1n) is 14.3. The summed E-state index contributed by atoms with van der Waals surface area (Å²) in [4.78, 5) is 29.3. The molecule has 8 nitrogen and oxygen atoms in total. The van der Waals surface area contributed by atoms with E-state index in [1.54, 1.807) is 49.6 Å². The van der Waals surface area contributed by atoms with Crippen molar-refractivity contribution in [2.75, 3.05) is 18.0 Å². The van der Waals surface area contributed by atoms with Crippen molar-refractivity contribution in [2.24, 2.45) is 0 Å². The predicted octanol–water partition coefficient (Wildman–Crippen LogP) is 5.54. The molecule has 0 bridgehead atoms. The number of nitrogens with zero attached hydrogens (tertiary/aromatic N) is 2. The summed E-state index contributed by atoms with van der Waals surface area (Å²) in [5.41, 5.74) is 3.75. The van der Waals surface area contributed by atoms with E-state index in [0.29, 0.717) is 17.9 Å². The Morgan fingerprint density at radius 3 is 2.21 bits per heavy atom. The Bertz CT molecular complexity index is 1490. The Morgan fingerprint density at radius 2 is 1.60 bits per heavy atom. The molecule has 9 heteroatoms. The second-order valence-corrected chi connectivity index (χ2v) is 12.5. The molecule has 1 N–H and O–H groups in total. The molecule has 0 spiro atoms. The van der Waals surface area contributed by atoms with Gasteiger partial charge in [-0.1, -0.05) is 55.8 Å². The van der Waals surface area contributed by atoms with Crippen LogP contribution < -0.4 is 14.4 Å². The summed E-state index contributed by atoms with van der Waals surface area (Å²) in [6.45, 7) is 11.0. The third-order valence-corrected chi connectivity index (χ3v) is 9.38. The van der Waals surface area contributed by atoms with Gasteiger partial charge in [-0.05, 0) is 87.6 Å². The molecule has 0 saturated heterocycles. The fourth-order valence-corrected chi connectivity index (χ4v) is 6.16. The monoisotopic (exact) mass is 593 g/mol. The second kappa shape index (κ2) is 14.4.